The van der Waals surface area contributed by atoms with Gasteiger partial charge in [-0.15, -0.1) is 0 Å². The van der Waals surface area contributed by atoms with Crippen LogP contribution >= 0.6 is 0 Å². The molecule has 5 nitrogen and oxygen atoms in total. The summed E-state index contributed by atoms with van der Waals surface area (Å²) in [6, 6.07) is 9.20. The van der Waals surface area contributed by atoms with Crippen molar-refractivity contribution in [2.75, 3.05) is 12.0 Å². The summed E-state index contributed by atoms with van der Waals surface area (Å²) in [4.78, 5) is 0. The summed E-state index contributed by atoms with van der Waals surface area (Å²) in [5.74, 6) is -0.250. The van der Waals surface area contributed by atoms with Crippen molar-refractivity contribution in [2.45, 2.75) is 32.6 Å². The average molecular weight is 331 g/mol. The summed E-state index contributed by atoms with van der Waals surface area (Å²) in [7, 11) is -3.17. The van der Waals surface area contributed by atoms with Crippen LogP contribution in [0.3, 0.4) is 0 Å². The fourth-order valence-electron chi connectivity index (χ4n) is 2.82. The second-order valence-corrected chi connectivity index (χ2v) is 7.83. The van der Waals surface area contributed by atoms with Gasteiger partial charge in [-0.2, -0.15) is 10.4 Å². The van der Waals surface area contributed by atoms with E-state index in [1.165, 1.54) is 6.26 Å². The Morgan fingerprint density at radius 2 is 1.87 bits per heavy atom. The first-order valence-corrected chi connectivity index (χ1v) is 9.69. The van der Waals surface area contributed by atoms with Crippen LogP contribution in [-0.2, 0) is 22.7 Å². The molecular weight excluding hydrogens is 310 g/mol. The minimum absolute atomic E-state index is 0.0262. The lowest BCUT2D eigenvalue weighted by molar-refractivity contribution is 0.597. The molecule has 1 unspecified atom stereocenters. The zero-order chi connectivity index (χ0) is 17.0. The van der Waals surface area contributed by atoms with E-state index in [1.54, 1.807) is 12.1 Å². The van der Waals surface area contributed by atoms with E-state index < -0.39 is 9.84 Å². The van der Waals surface area contributed by atoms with Gasteiger partial charge in [0.05, 0.1) is 23.1 Å². The third kappa shape index (κ3) is 3.99. The molecule has 1 aromatic carbocycles. The zero-order valence-corrected chi connectivity index (χ0v) is 14.4. The summed E-state index contributed by atoms with van der Waals surface area (Å²) in [6.45, 7) is 4.03. The Kier molecular flexibility index (Phi) is 5.22. The minimum atomic E-state index is -3.17. The quantitative estimate of drug-likeness (QED) is 0.881. The molecule has 2 rings (SSSR count). The van der Waals surface area contributed by atoms with E-state index in [0.717, 1.165) is 35.4 Å². The molecule has 1 heterocycles. The first-order valence-electron chi connectivity index (χ1n) is 7.63. The van der Waals surface area contributed by atoms with Crippen molar-refractivity contribution in [2.24, 2.45) is 0 Å². The predicted molar refractivity (Wildman–Crippen MR) is 90.1 cm³/mol. The third-order valence-electron chi connectivity index (χ3n) is 3.91. The molecule has 1 atom stereocenters. The van der Waals surface area contributed by atoms with Gasteiger partial charge in [0.2, 0.25) is 0 Å². The van der Waals surface area contributed by atoms with E-state index >= 15 is 0 Å². The summed E-state index contributed by atoms with van der Waals surface area (Å²) < 4.78 is 23.9. The number of nitrogens with one attached hydrogen (secondary N) is 1. The van der Waals surface area contributed by atoms with Crippen molar-refractivity contribution in [3.63, 3.8) is 0 Å². The fourth-order valence-corrected chi connectivity index (χ4v) is 3.78. The molecule has 6 heteroatoms. The van der Waals surface area contributed by atoms with Gasteiger partial charge in [0.1, 0.15) is 9.84 Å². The van der Waals surface area contributed by atoms with Crippen molar-refractivity contribution in [1.82, 2.24) is 10.2 Å². The highest BCUT2D eigenvalue weighted by Crippen LogP contribution is 2.31. The summed E-state index contributed by atoms with van der Waals surface area (Å²) in [5.41, 5.74) is 4.30. The number of sulfone groups is 1. The van der Waals surface area contributed by atoms with E-state index in [1.807, 2.05) is 26.0 Å². The molecule has 1 aromatic heterocycles. The zero-order valence-electron chi connectivity index (χ0n) is 13.6. The van der Waals surface area contributed by atoms with Gasteiger partial charge in [-0.05, 0) is 30.5 Å². The number of benzene rings is 1. The molecule has 0 aliphatic carbocycles. The first-order chi connectivity index (χ1) is 10.9. The Morgan fingerprint density at radius 1 is 1.22 bits per heavy atom. The summed E-state index contributed by atoms with van der Waals surface area (Å²) in [6.07, 6.45) is 2.75. The van der Waals surface area contributed by atoms with E-state index in [2.05, 4.69) is 16.3 Å². The van der Waals surface area contributed by atoms with E-state index in [0.29, 0.717) is 5.56 Å². The van der Waals surface area contributed by atoms with E-state index in [-0.39, 0.29) is 11.7 Å². The van der Waals surface area contributed by atoms with Gasteiger partial charge in [-0.1, -0.05) is 26.0 Å². The van der Waals surface area contributed by atoms with Crippen LogP contribution in [0.2, 0.25) is 0 Å². The second kappa shape index (κ2) is 6.97. The number of hydrogen-bond acceptors (Lipinski definition) is 4. The number of aromatic amines is 1. The molecule has 122 valence electrons. The SMILES string of the molecule is CCc1n[nH]c(CC)c1C(CS(C)(=O)=O)c1ccc(C#N)cc1. The van der Waals surface area contributed by atoms with Gasteiger partial charge in [0, 0.05) is 23.4 Å². The summed E-state index contributed by atoms with van der Waals surface area (Å²) in [5, 5.41) is 16.3. The molecule has 0 saturated carbocycles. The van der Waals surface area contributed by atoms with Crippen LogP contribution < -0.4 is 0 Å². The van der Waals surface area contributed by atoms with Gasteiger partial charge in [-0.3, -0.25) is 5.10 Å². The molecule has 1 N–H and O–H groups in total. The normalized spacial score (nSPS) is 12.8. The highest BCUT2D eigenvalue weighted by atomic mass is 32.2. The molecule has 0 aliphatic rings. The maximum atomic E-state index is 11.9. The summed E-state index contributed by atoms with van der Waals surface area (Å²) >= 11 is 0. The Bertz CT molecular complexity index is 793. The maximum absolute atomic E-state index is 11.9. The molecule has 0 fully saturated rings. The van der Waals surface area contributed by atoms with Gasteiger partial charge in [0.25, 0.3) is 0 Å². The molecule has 0 bridgehead atoms. The van der Waals surface area contributed by atoms with Crippen molar-refractivity contribution < 1.29 is 8.42 Å². The van der Waals surface area contributed by atoms with Crippen molar-refractivity contribution in [3.05, 3.63) is 52.3 Å². The van der Waals surface area contributed by atoms with Crippen LogP contribution in [0.1, 0.15) is 47.8 Å². The van der Waals surface area contributed by atoms with Crippen LogP contribution in [0.25, 0.3) is 0 Å². The Labute approximate surface area is 137 Å². The molecule has 0 saturated heterocycles. The van der Waals surface area contributed by atoms with Crippen LogP contribution in [0.15, 0.2) is 24.3 Å². The number of nitriles is 1. The number of H-pyrrole nitrogens is 1. The molecule has 23 heavy (non-hydrogen) atoms. The van der Waals surface area contributed by atoms with E-state index in [4.69, 9.17) is 5.26 Å². The molecular formula is C17H21N3O2S. The van der Waals surface area contributed by atoms with Crippen LogP contribution in [0.4, 0.5) is 0 Å². The standard InChI is InChI=1S/C17H21N3O2S/c1-4-15-17(16(5-2)20-19-15)14(11-23(3,21)22)13-8-6-12(10-18)7-9-13/h6-9,14H,4-5,11H2,1-3H3,(H,19,20). The Balaban J connectivity index is 2.58. The molecule has 2 aromatic rings. The Hall–Kier alpha value is -2.13. The maximum Gasteiger partial charge on any atom is 0.148 e. The molecule has 0 aliphatic heterocycles. The first kappa shape index (κ1) is 17.2. The van der Waals surface area contributed by atoms with Crippen LogP contribution in [-0.4, -0.2) is 30.6 Å². The van der Waals surface area contributed by atoms with Gasteiger partial charge in [-0.25, -0.2) is 8.42 Å². The van der Waals surface area contributed by atoms with Gasteiger partial charge < -0.3 is 0 Å². The second-order valence-electron chi connectivity index (χ2n) is 5.65. The van der Waals surface area contributed by atoms with E-state index in [9.17, 15) is 8.42 Å². The Morgan fingerprint density at radius 3 is 2.35 bits per heavy atom. The fraction of sp³-hybridized carbons (Fsp3) is 0.412. The number of aryl methyl sites for hydroxylation is 2. The average Bonchev–Trinajstić information content (AvgIpc) is 2.94. The number of nitrogens with zero attached hydrogens (tertiary/aromatic N) is 2. The van der Waals surface area contributed by atoms with Crippen molar-refractivity contribution in [3.8, 4) is 6.07 Å². The minimum Gasteiger partial charge on any atom is -0.282 e. The van der Waals surface area contributed by atoms with Crippen LogP contribution in [0, 0.1) is 11.3 Å². The van der Waals surface area contributed by atoms with Crippen molar-refractivity contribution >= 4 is 9.84 Å². The lowest BCUT2D eigenvalue weighted by atomic mass is 9.89. The van der Waals surface area contributed by atoms with Crippen LogP contribution in [0.5, 0.6) is 0 Å². The topological polar surface area (TPSA) is 86.6 Å². The lowest BCUT2D eigenvalue weighted by Crippen LogP contribution is -2.17. The van der Waals surface area contributed by atoms with Gasteiger partial charge >= 0.3 is 0 Å². The smallest absolute Gasteiger partial charge is 0.148 e. The monoisotopic (exact) mass is 331 g/mol. The predicted octanol–water partition coefficient (Wildman–Crippen LogP) is 2.58. The third-order valence-corrected chi connectivity index (χ3v) is 4.85. The van der Waals surface area contributed by atoms with Gasteiger partial charge in [0.15, 0.2) is 0 Å². The molecule has 0 amide bonds. The highest BCUT2D eigenvalue weighted by molar-refractivity contribution is 7.90. The highest BCUT2D eigenvalue weighted by Gasteiger charge is 2.26. The molecule has 0 spiro atoms. The number of rotatable bonds is 6. The van der Waals surface area contributed by atoms with Crippen molar-refractivity contribution in [1.29, 1.82) is 5.26 Å². The lowest BCUT2D eigenvalue weighted by Gasteiger charge is -2.18. The number of hydrogen-bond donors (Lipinski definition) is 1. The number of aromatic nitrogens is 2. The molecule has 0 radical (unpaired) electrons. The largest absolute Gasteiger partial charge is 0.282 e.